The predicted molar refractivity (Wildman–Crippen MR) is 74.9 cm³/mol. The fourth-order valence-corrected chi connectivity index (χ4v) is 2.34. The molecule has 1 aliphatic heterocycles. The number of hydrogen-bond donors (Lipinski definition) is 2. The Morgan fingerprint density at radius 2 is 2.21 bits per heavy atom. The van der Waals surface area contributed by atoms with Crippen LogP contribution in [0.3, 0.4) is 0 Å². The normalized spacial score (nSPS) is 18.2. The summed E-state index contributed by atoms with van der Waals surface area (Å²) in [4.78, 5) is 14.6. The van der Waals surface area contributed by atoms with E-state index in [0.717, 1.165) is 5.56 Å². The van der Waals surface area contributed by atoms with E-state index in [0.29, 0.717) is 31.0 Å². The Morgan fingerprint density at radius 3 is 2.84 bits per heavy atom. The molecule has 5 heteroatoms. The maximum absolute atomic E-state index is 12.7. The standard InChI is InChI=1S/C14H21N3O2/c1-10-4-5-12(16-15)11(8-10)13(18)17-6-7-19-9-14(17,2)3/h4-5,8,16H,6-7,9,15H2,1-3H3. The van der Waals surface area contributed by atoms with Crippen molar-refractivity contribution in [1.82, 2.24) is 4.90 Å². The molecule has 0 bridgehead atoms. The zero-order valence-corrected chi connectivity index (χ0v) is 11.7. The fraction of sp³-hybridized carbons (Fsp3) is 0.500. The highest BCUT2D eigenvalue weighted by Gasteiger charge is 2.35. The minimum Gasteiger partial charge on any atom is -0.377 e. The van der Waals surface area contributed by atoms with Crippen molar-refractivity contribution in [3.05, 3.63) is 29.3 Å². The monoisotopic (exact) mass is 263 g/mol. The molecule has 1 aromatic rings. The van der Waals surface area contributed by atoms with Gasteiger partial charge in [-0.3, -0.25) is 10.6 Å². The van der Waals surface area contributed by atoms with Crippen LogP contribution in [0.15, 0.2) is 18.2 Å². The number of nitrogens with one attached hydrogen (secondary N) is 1. The van der Waals surface area contributed by atoms with Crippen molar-refractivity contribution in [2.75, 3.05) is 25.2 Å². The first-order chi connectivity index (χ1) is 8.95. The first kappa shape index (κ1) is 13.8. The average Bonchev–Trinajstić information content (AvgIpc) is 2.37. The van der Waals surface area contributed by atoms with Gasteiger partial charge in [0.25, 0.3) is 5.91 Å². The third-order valence-corrected chi connectivity index (χ3v) is 3.45. The Morgan fingerprint density at radius 1 is 1.47 bits per heavy atom. The number of anilines is 1. The van der Waals surface area contributed by atoms with Gasteiger partial charge in [-0.05, 0) is 32.9 Å². The summed E-state index contributed by atoms with van der Waals surface area (Å²) >= 11 is 0. The second-order valence-corrected chi connectivity index (χ2v) is 5.52. The molecule has 2 rings (SSSR count). The molecule has 3 N–H and O–H groups in total. The SMILES string of the molecule is Cc1ccc(NN)c(C(=O)N2CCOCC2(C)C)c1. The Labute approximate surface area is 113 Å². The molecule has 19 heavy (non-hydrogen) atoms. The predicted octanol–water partition coefficient (Wildman–Crippen LogP) is 1.53. The summed E-state index contributed by atoms with van der Waals surface area (Å²) in [6.07, 6.45) is 0. The van der Waals surface area contributed by atoms with Crippen molar-refractivity contribution >= 4 is 11.6 Å². The van der Waals surface area contributed by atoms with Crippen LogP contribution >= 0.6 is 0 Å². The number of nitrogen functional groups attached to an aromatic ring is 1. The summed E-state index contributed by atoms with van der Waals surface area (Å²) in [5, 5.41) is 0. The van der Waals surface area contributed by atoms with Gasteiger partial charge in [-0.15, -0.1) is 0 Å². The number of nitrogens with two attached hydrogens (primary N) is 1. The van der Waals surface area contributed by atoms with Crippen molar-refractivity contribution in [2.24, 2.45) is 5.84 Å². The number of hydrazine groups is 1. The van der Waals surface area contributed by atoms with Gasteiger partial charge in [0, 0.05) is 6.54 Å². The molecule has 0 aromatic heterocycles. The summed E-state index contributed by atoms with van der Waals surface area (Å²) in [6, 6.07) is 5.62. The van der Waals surface area contributed by atoms with Crippen LogP contribution in [-0.2, 0) is 4.74 Å². The Bertz CT molecular complexity index is 486. The lowest BCUT2D eigenvalue weighted by molar-refractivity contribution is -0.0370. The van der Waals surface area contributed by atoms with Crippen LogP contribution in [0.4, 0.5) is 5.69 Å². The largest absolute Gasteiger partial charge is 0.377 e. The van der Waals surface area contributed by atoms with Gasteiger partial charge < -0.3 is 15.1 Å². The van der Waals surface area contributed by atoms with Crippen LogP contribution in [0.1, 0.15) is 29.8 Å². The van der Waals surface area contributed by atoms with Gasteiger partial charge in [0.2, 0.25) is 0 Å². The Balaban J connectivity index is 2.35. The fourth-order valence-electron chi connectivity index (χ4n) is 2.34. The molecule has 104 valence electrons. The van der Waals surface area contributed by atoms with Gasteiger partial charge in [0.05, 0.1) is 30.0 Å². The molecule has 0 aliphatic carbocycles. The summed E-state index contributed by atoms with van der Waals surface area (Å²) in [7, 11) is 0. The molecule has 0 atom stereocenters. The van der Waals surface area contributed by atoms with E-state index in [1.54, 1.807) is 0 Å². The van der Waals surface area contributed by atoms with Crippen LogP contribution in [0.25, 0.3) is 0 Å². The minimum atomic E-state index is -0.301. The molecule has 1 saturated heterocycles. The quantitative estimate of drug-likeness (QED) is 0.627. The van der Waals surface area contributed by atoms with E-state index in [1.165, 1.54) is 0 Å². The first-order valence-electron chi connectivity index (χ1n) is 6.43. The van der Waals surface area contributed by atoms with Gasteiger partial charge in [0.15, 0.2) is 0 Å². The highest BCUT2D eigenvalue weighted by atomic mass is 16.5. The van der Waals surface area contributed by atoms with E-state index in [9.17, 15) is 4.79 Å². The zero-order chi connectivity index (χ0) is 14.0. The van der Waals surface area contributed by atoms with Gasteiger partial charge in [-0.2, -0.15) is 0 Å². The third-order valence-electron chi connectivity index (χ3n) is 3.45. The molecular weight excluding hydrogens is 242 g/mol. The molecule has 1 heterocycles. The molecule has 5 nitrogen and oxygen atoms in total. The number of morpholine rings is 1. The van der Waals surface area contributed by atoms with Crippen LogP contribution in [0, 0.1) is 6.92 Å². The molecule has 0 radical (unpaired) electrons. The molecule has 1 fully saturated rings. The summed E-state index contributed by atoms with van der Waals surface area (Å²) < 4.78 is 5.45. The van der Waals surface area contributed by atoms with E-state index in [2.05, 4.69) is 5.43 Å². The van der Waals surface area contributed by atoms with Crippen LogP contribution in [-0.4, -0.2) is 36.1 Å². The Hall–Kier alpha value is -1.59. The molecule has 1 aromatic carbocycles. The second-order valence-electron chi connectivity index (χ2n) is 5.52. The molecule has 1 aliphatic rings. The lowest BCUT2D eigenvalue weighted by atomic mass is 9.99. The number of rotatable bonds is 2. The van der Waals surface area contributed by atoms with E-state index >= 15 is 0 Å². The molecule has 1 amide bonds. The van der Waals surface area contributed by atoms with Crippen molar-refractivity contribution in [1.29, 1.82) is 0 Å². The van der Waals surface area contributed by atoms with Crippen molar-refractivity contribution in [2.45, 2.75) is 26.3 Å². The van der Waals surface area contributed by atoms with Gasteiger partial charge in [-0.1, -0.05) is 11.6 Å². The summed E-state index contributed by atoms with van der Waals surface area (Å²) in [5.74, 6) is 5.48. The summed E-state index contributed by atoms with van der Waals surface area (Å²) in [5.41, 5.74) is 4.59. The van der Waals surface area contributed by atoms with Crippen LogP contribution < -0.4 is 11.3 Å². The van der Waals surface area contributed by atoms with Gasteiger partial charge in [-0.25, -0.2) is 0 Å². The minimum absolute atomic E-state index is 0.00931. The van der Waals surface area contributed by atoms with Crippen molar-refractivity contribution in [3.63, 3.8) is 0 Å². The van der Waals surface area contributed by atoms with Gasteiger partial charge in [0.1, 0.15) is 0 Å². The molecule has 0 spiro atoms. The third kappa shape index (κ3) is 2.72. The number of nitrogens with zero attached hydrogens (tertiary/aromatic N) is 1. The number of ether oxygens (including phenoxy) is 1. The second kappa shape index (κ2) is 5.19. The van der Waals surface area contributed by atoms with E-state index in [1.807, 2.05) is 43.9 Å². The molecule has 0 saturated carbocycles. The highest BCUT2D eigenvalue weighted by molar-refractivity contribution is 6.00. The lowest BCUT2D eigenvalue weighted by Gasteiger charge is -2.42. The Kier molecular flexibility index (Phi) is 3.78. The number of benzene rings is 1. The van der Waals surface area contributed by atoms with Crippen LogP contribution in [0.2, 0.25) is 0 Å². The summed E-state index contributed by atoms with van der Waals surface area (Å²) in [6.45, 7) is 7.71. The maximum Gasteiger partial charge on any atom is 0.256 e. The van der Waals surface area contributed by atoms with Crippen LogP contribution in [0.5, 0.6) is 0 Å². The van der Waals surface area contributed by atoms with Crippen molar-refractivity contribution < 1.29 is 9.53 Å². The zero-order valence-electron chi connectivity index (χ0n) is 11.7. The topological polar surface area (TPSA) is 67.6 Å². The number of carbonyl (C=O) groups is 1. The number of carbonyl (C=O) groups excluding carboxylic acids is 1. The average molecular weight is 263 g/mol. The molecule has 0 unspecified atom stereocenters. The molecular formula is C14H21N3O2. The smallest absolute Gasteiger partial charge is 0.256 e. The number of aryl methyl sites for hydroxylation is 1. The van der Waals surface area contributed by atoms with Crippen molar-refractivity contribution in [3.8, 4) is 0 Å². The van der Waals surface area contributed by atoms with E-state index < -0.39 is 0 Å². The van der Waals surface area contributed by atoms with E-state index in [-0.39, 0.29) is 11.4 Å². The first-order valence-corrected chi connectivity index (χ1v) is 6.43. The number of hydrogen-bond acceptors (Lipinski definition) is 4. The maximum atomic E-state index is 12.7. The lowest BCUT2D eigenvalue weighted by Crippen LogP contribution is -2.55. The van der Waals surface area contributed by atoms with Gasteiger partial charge >= 0.3 is 0 Å². The highest BCUT2D eigenvalue weighted by Crippen LogP contribution is 2.25. The number of amides is 1. The van der Waals surface area contributed by atoms with E-state index in [4.69, 9.17) is 10.6 Å².